The summed E-state index contributed by atoms with van der Waals surface area (Å²) in [5, 5.41) is 5.20. The van der Waals surface area contributed by atoms with Gasteiger partial charge in [-0.1, -0.05) is 20.8 Å². The fourth-order valence-electron chi connectivity index (χ4n) is 4.10. The molecule has 1 aliphatic heterocycles. The number of hydrogen-bond acceptors (Lipinski definition) is 6. The summed E-state index contributed by atoms with van der Waals surface area (Å²) < 4.78 is 12.8. The second kappa shape index (κ2) is 7.63. The first kappa shape index (κ1) is 19.6. The highest BCUT2D eigenvalue weighted by molar-refractivity contribution is 5.76. The number of carbonyl (C=O) groups excluding carboxylic acids is 1. The molecule has 0 bridgehead atoms. The smallest absolute Gasteiger partial charge is 0.309 e. The van der Waals surface area contributed by atoms with Gasteiger partial charge in [0.25, 0.3) is 0 Å². The van der Waals surface area contributed by atoms with Crippen LogP contribution in [-0.2, 0) is 16.1 Å². The van der Waals surface area contributed by atoms with E-state index < -0.39 is 0 Å². The van der Waals surface area contributed by atoms with Crippen LogP contribution in [0.15, 0.2) is 41.2 Å². The number of piperidine rings is 1. The number of hydrogen-bond donors (Lipinski definition) is 0. The maximum absolute atomic E-state index is 12.2. The highest BCUT2D eigenvalue weighted by Crippen LogP contribution is 2.36. The molecule has 1 fully saturated rings. The van der Waals surface area contributed by atoms with Gasteiger partial charge in [-0.3, -0.25) is 9.69 Å². The van der Waals surface area contributed by atoms with E-state index in [0.29, 0.717) is 24.7 Å². The van der Waals surface area contributed by atoms with E-state index in [-0.39, 0.29) is 17.3 Å². The van der Waals surface area contributed by atoms with Gasteiger partial charge in [-0.2, -0.15) is 5.10 Å². The Morgan fingerprint density at radius 3 is 2.83 bits per heavy atom. The summed E-state index contributed by atoms with van der Waals surface area (Å²) in [4.78, 5) is 19.0. The number of esters is 1. The van der Waals surface area contributed by atoms with Gasteiger partial charge in [-0.15, -0.1) is 0 Å². The quantitative estimate of drug-likeness (QED) is 0.627. The van der Waals surface area contributed by atoms with Gasteiger partial charge >= 0.3 is 5.97 Å². The molecule has 0 N–H and O–H groups in total. The lowest BCUT2D eigenvalue weighted by atomic mass is 9.73. The van der Waals surface area contributed by atoms with Crippen molar-refractivity contribution in [1.82, 2.24) is 19.7 Å². The molecule has 0 aliphatic carbocycles. The average molecular weight is 396 g/mol. The lowest BCUT2D eigenvalue weighted by molar-refractivity contribution is -0.149. The van der Waals surface area contributed by atoms with Gasteiger partial charge in [0.15, 0.2) is 0 Å². The summed E-state index contributed by atoms with van der Waals surface area (Å²) in [6.07, 6.45) is 6.25. The summed E-state index contributed by atoms with van der Waals surface area (Å²) in [7, 11) is 1.47. The topological polar surface area (TPSA) is 73.4 Å². The van der Waals surface area contributed by atoms with Crippen molar-refractivity contribution in [3.63, 3.8) is 0 Å². The number of nitrogens with zero attached hydrogens (tertiary/aromatic N) is 4. The van der Waals surface area contributed by atoms with Crippen molar-refractivity contribution in [2.45, 2.75) is 33.7 Å². The maximum Gasteiger partial charge on any atom is 0.309 e. The van der Waals surface area contributed by atoms with Crippen LogP contribution in [0.5, 0.6) is 0 Å². The van der Waals surface area contributed by atoms with E-state index in [9.17, 15) is 4.79 Å². The Balaban J connectivity index is 1.55. The highest BCUT2D eigenvalue weighted by Gasteiger charge is 2.37. The SMILES string of the molecule is COC(=O)[C@@H]1C[C@@H](C(C)(C)C)CN(Cc2cc3cc(-n4cccn4)cnc3o2)C1. The Kier molecular flexibility index (Phi) is 5.17. The number of pyridine rings is 1. The summed E-state index contributed by atoms with van der Waals surface area (Å²) in [5.74, 6) is 1.03. The molecule has 3 aromatic rings. The van der Waals surface area contributed by atoms with Gasteiger partial charge in [-0.25, -0.2) is 9.67 Å². The number of likely N-dealkylation sites (tertiary alicyclic amines) is 1. The van der Waals surface area contributed by atoms with Crippen LogP contribution >= 0.6 is 0 Å². The number of aromatic nitrogens is 3. The largest absolute Gasteiger partial charge is 0.469 e. The first-order chi connectivity index (χ1) is 13.8. The lowest BCUT2D eigenvalue weighted by Crippen LogP contribution is -2.46. The molecule has 0 spiro atoms. The zero-order valence-corrected chi connectivity index (χ0v) is 17.5. The van der Waals surface area contributed by atoms with Crippen LogP contribution in [0.4, 0.5) is 0 Å². The summed E-state index contributed by atoms with van der Waals surface area (Å²) in [5.41, 5.74) is 1.63. The maximum atomic E-state index is 12.2. The van der Waals surface area contributed by atoms with E-state index in [1.54, 1.807) is 17.1 Å². The molecular formula is C22H28N4O3. The molecule has 0 amide bonds. The van der Waals surface area contributed by atoms with Crippen LogP contribution in [0.25, 0.3) is 16.8 Å². The van der Waals surface area contributed by atoms with Crippen LogP contribution in [-0.4, -0.2) is 45.8 Å². The molecule has 2 atom stereocenters. The normalized spacial score (nSPS) is 20.8. The molecule has 7 nitrogen and oxygen atoms in total. The molecule has 0 saturated carbocycles. The molecule has 154 valence electrons. The van der Waals surface area contributed by atoms with Crippen LogP contribution in [0.2, 0.25) is 0 Å². The third-order valence-corrected chi connectivity index (χ3v) is 5.84. The van der Waals surface area contributed by atoms with Crippen LogP contribution < -0.4 is 0 Å². The second-order valence-corrected chi connectivity index (χ2v) is 8.96. The van der Waals surface area contributed by atoms with Gasteiger partial charge in [-0.05, 0) is 36.0 Å². The Labute approximate surface area is 170 Å². The van der Waals surface area contributed by atoms with E-state index >= 15 is 0 Å². The zero-order valence-electron chi connectivity index (χ0n) is 17.5. The van der Waals surface area contributed by atoms with Crippen molar-refractivity contribution in [1.29, 1.82) is 0 Å². The number of methoxy groups -OCH3 is 1. The van der Waals surface area contributed by atoms with Crippen LogP contribution in [0, 0.1) is 17.3 Å². The molecule has 4 rings (SSSR count). The van der Waals surface area contributed by atoms with E-state index in [1.165, 1.54) is 7.11 Å². The van der Waals surface area contributed by atoms with Gasteiger partial charge in [0, 0.05) is 30.9 Å². The van der Waals surface area contributed by atoms with Gasteiger partial charge in [0.2, 0.25) is 5.71 Å². The molecule has 1 saturated heterocycles. The molecule has 0 unspecified atom stereocenters. The van der Waals surface area contributed by atoms with Crippen molar-refractivity contribution >= 4 is 17.1 Å². The van der Waals surface area contributed by atoms with E-state index in [0.717, 1.165) is 29.8 Å². The fourth-order valence-corrected chi connectivity index (χ4v) is 4.10. The van der Waals surface area contributed by atoms with Crippen molar-refractivity contribution in [3.05, 3.63) is 42.5 Å². The average Bonchev–Trinajstić information content (AvgIpc) is 3.35. The summed E-state index contributed by atoms with van der Waals surface area (Å²) >= 11 is 0. The number of rotatable bonds is 4. The first-order valence-corrected chi connectivity index (χ1v) is 10.0. The monoisotopic (exact) mass is 396 g/mol. The minimum atomic E-state index is -0.126. The van der Waals surface area contributed by atoms with Crippen molar-refractivity contribution < 1.29 is 13.9 Å². The highest BCUT2D eigenvalue weighted by atomic mass is 16.5. The molecule has 1 aliphatic rings. The Morgan fingerprint density at radius 1 is 1.31 bits per heavy atom. The molecule has 3 aromatic heterocycles. The van der Waals surface area contributed by atoms with Crippen molar-refractivity contribution in [3.8, 4) is 5.69 Å². The minimum absolute atomic E-state index is 0.105. The predicted molar refractivity (Wildman–Crippen MR) is 109 cm³/mol. The van der Waals surface area contributed by atoms with Gasteiger partial charge < -0.3 is 9.15 Å². The van der Waals surface area contributed by atoms with E-state index in [4.69, 9.17) is 9.15 Å². The molecule has 4 heterocycles. The molecular weight excluding hydrogens is 368 g/mol. The zero-order chi connectivity index (χ0) is 20.6. The van der Waals surface area contributed by atoms with Gasteiger partial charge in [0.05, 0.1) is 31.5 Å². The predicted octanol–water partition coefficient (Wildman–Crippen LogP) is 3.67. The molecule has 0 radical (unpaired) electrons. The van der Waals surface area contributed by atoms with Crippen molar-refractivity contribution in [2.75, 3.05) is 20.2 Å². The van der Waals surface area contributed by atoms with Gasteiger partial charge in [0.1, 0.15) is 5.76 Å². The lowest BCUT2D eigenvalue weighted by Gasteiger charge is -2.42. The first-order valence-electron chi connectivity index (χ1n) is 10.0. The number of ether oxygens (including phenoxy) is 1. The van der Waals surface area contributed by atoms with Crippen LogP contribution in [0.3, 0.4) is 0 Å². The molecule has 0 aromatic carbocycles. The van der Waals surface area contributed by atoms with E-state index in [2.05, 4.69) is 35.8 Å². The Morgan fingerprint density at radius 2 is 2.14 bits per heavy atom. The second-order valence-electron chi connectivity index (χ2n) is 8.96. The van der Waals surface area contributed by atoms with Crippen molar-refractivity contribution in [2.24, 2.45) is 17.3 Å². The van der Waals surface area contributed by atoms with E-state index in [1.807, 2.05) is 24.4 Å². The standard InChI is InChI=1S/C22H28N4O3/c1-22(2,3)17-8-16(21(27)28-4)12-25(13-17)14-19-10-15-9-18(11-23-20(15)29-19)26-7-5-6-24-26/h5-7,9-11,16-17H,8,12-14H2,1-4H3/t16-,17-/m1/s1. The number of carbonyl (C=O) groups is 1. The number of fused-ring (bicyclic) bond motifs is 1. The molecule has 29 heavy (non-hydrogen) atoms. The fraction of sp³-hybridized carbons (Fsp3) is 0.500. The third kappa shape index (κ3) is 4.19. The Hall–Kier alpha value is -2.67. The van der Waals surface area contributed by atoms with Crippen LogP contribution in [0.1, 0.15) is 33.0 Å². The molecule has 7 heteroatoms. The summed E-state index contributed by atoms with van der Waals surface area (Å²) in [6, 6.07) is 5.93. The third-order valence-electron chi connectivity index (χ3n) is 5.84. The summed E-state index contributed by atoms with van der Waals surface area (Å²) in [6.45, 7) is 8.96. The Bertz CT molecular complexity index is 987. The number of furan rings is 1. The minimum Gasteiger partial charge on any atom is -0.469 e.